The number of aliphatic hydroxyl groups is 1. The molecule has 1 aliphatic carbocycles. The normalized spacial score (nSPS) is 23.8. The summed E-state index contributed by atoms with van der Waals surface area (Å²) in [6.45, 7) is 5.69. The summed E-state index contributed by atoms with van der Waals surface area (Å²) >= 11 is 6.57. The van der Waals surface area contributed by atoms with Gasteiger partial charge in [-0.25, -0.2) is 22.6 Å². The number of imide groups is 1. The number of aromatic nitrogens is 4. The van der Waals surface area contributed by atoms with Crippen LogP contribution >= 0.6 is 11.6 Å². The van der Waals surface area contributed by atoms with Crippen molar-refractivity contribution in [2.75, 3.05) is 60.9 Å². The number of rotatable bonds is 9. The minimum absolute atomic E-state index is 0.0353. The van der Waals surface area contributed by atoms with Gasteiger partial charge in [-0.1, -0.05) is 11.6 Å². The molecule has 2 aromatic heterocycles. The maximum Gasteiger partial charge on any atom is 0.421 e. The number of alkyl halides is 3. The zero-order valence-electron chi connectivity index (χ0n) is 36.1. The van der Waals surface area contributed by atoms with Crippen molar-refractivity contribution in [1.82, 2.24) is 29.3 Å². The summed E-state index contributed by atoms with van der Waals surface area (Å²) in [6.07, 6.45) is 1.72. The monoisotopic (exact) mass is 945 g/mol. The second-order valence-corrected chi connectivity index (χ2v) is 21.6. The van der Waals surface area contributed by atoms with Crippen LogP contribution in [0.2, 0.25) is 5.02 Å². The highest BCUT2D eigenvalue weighted by Crippen LogP contribution is 2.53. The van der Waals surface area contributed by atoms with E-state index in [0.717, 1.165) is 45.3 Å². The number of sulfone groups is 1. The number of fused-ring (bicyclic) bond motifs is 1. The summed E-state index contributed by atoms with van der Waals surface area (Å²) in [7, 11) is -2.24. The third kappa shape index (κ3) is 8.70. The van der Waals surface area contributed by atoms with E-state index in [1.807, 2.05) is 4.90 Å². The van der Waals surface area contributed by atoms with E-state index in [1.54, 1.807) is 19.1 Å². The van der Waals surface area contributed by atoms with Gasteiger partial charge in [-0.15, -0.1) is 0 Å². The molecule has 15 nitrogen and oxygen atoms in total. The number of hydrogen-bond acceptors (Lipinski definition) is 12. The summed E-state index contributed by atoms with van der Waals surface area (Å²) in [6, 6.07) is 6.69. The number of benzene rings is 2. The molecule has 65 heavy (non-hydrogen) atoms. The van der Waals surface area contributed by atoms with Crippen LogP contribution in [-0.4, -0.2) is 106 Å². The van der Waals surface area contributed by atoms with Crippen LogP contribution in [0.15, 0.2) is 46.2 Å². The Labute approximate surface area is 378 Å². The van der Waals surface area contributed by atoms with Crippen LogP contribution in [-0.2, 0) is 32.7 Å². The molecule has 21 heteroatoms. The van der Waals surface area contributed by atoms with Crippen molar-refractivity contribution in [2.24, 2.45) is 18.4 Å². The smallest absolute Gasteiger partial charge is 0.388 e. The van der Waals surface area contributed by atoms with Crippen molar-refractivity contribution in [3.8, 4) is 0 Å². The van der Waals surface area contributed by atoms with Gasteiger partial charge < -0.3 is 25.1 Å². The number of carbonyl (C=O) groups is 2. The number of nitrogens with one attached hydrogen (secondary N) is 2. The van der Waals surface area contributed by atoms with Gasteiger partial charge in [0.1, 0.15) is 22.9 Å². The Hall–Kier alpha value is -4.79. The fraction of sp³-hybridized carbons (Fsp3) is 0.568. The van der Waals surface area contributed by atoms with Gasteiger partial charge in [0.25, 0.3) is 0 Å². The second kappa shape index (κ2) is 16.8. The van der Waals surface area contributed by atoms with E-state index in [0.29, 0.717) is 62.1 Å². The first-order valence-corrected chi connectivity index (χ1v) is 24.1. The molecular weight excluding hydrogens is 894 g/mol. The summed E-state index contributed by atoms with van der Waals surface area (Å²) < 4.78 is 88.2. The van der Waals surface area contributed by atoms with Crippen LogP contribution in [0.1, 0.15) is 82.7 Å². The van der Waals surface area contributed by atoms with Crippen molar-refractivity contribution >= 4 is 67.4 Å². The molecule has 3 N–H and O–H groups in total. The van der Waals surface area contributed by atoms with Crippen molar-refractivity contribution in [2.45, 2.75) is 99.1 Å². The van der Waals surface area contributed by atoms with Crippen molar-refractivity contribution < 1.29 is 40.7 Å². The standard InChI is InChI=1S/C44H52ClF4N9O6S/c1-42(62)12-3-15-57(25-42)38-29(44(47,48)49)23-50-40(53-38)51-31-5-4-27(20-30(31)45)65(63,64)28-21-43(22-28)13-18-55(19-14-43)24-26-10-16-56(17-11-26)32-6-7-33-37(36(32)46)54(2)41(61)58(33)34-8-9-35(59)52-39(34)60/h4-7,20,23,26,28,34,62H,3,8-19,21-22,24-25H2,1-2H3,(H,50,51,53)(H,52,59,60)/t34?,42-/m0/s1. The number of nitrogens with zero attached hydrogens (tertiary/aromatic N) is 7. The fourth-order valence-corrected chi connectivity index (χ4v) is 13.1. The molecule has 350 valence electrons. The highest BCUT2D eigenvalue weighted by Gasteiger charge is 2.51. The third-order valence-electron chi connectivity index (χ3n) is 14.4. The number of piperidine rings is 4. The van der Waals surface area contributed by atoms with E-state index in [1.165, 1.54) is 39.3 Å². The number of likely N-dealkylation sites (tertiary alicyclic amines) is 1. The lowest BCUT2D eigenvalue weighted by Gasteiger charge is -2.52. The zero-order valence-corrected chi connectivity index (χ0v) is 37.7. The molecule has 6 heterocycles. The van der Waals surface area contributed by atoms with E-state index >= 15 is 4.39 Å². The Kier molecular flexibility index (Phi) is 11.7. The topological polar surface area (TPSA) is 175 Å². The van der Waals surface area contributed by atoms with Crippen LogP contribution < -0.4 is 26.1 Å². The molecule has 4 saturated heterocycles. The maximum atomic E-state index is 16.2. The second-order valence-electron chi connectivity index (χ2n) is 19.0. The molecule has 2 aromatic carbocycles. The van der Waals surface area contributed by atoms with Gasteiger partial charge in [0.05, 0.1) is 37.7 Å². The van der Waals surface area contributed by atoms with Crippen molar-refractivity contribution in [3.63, 3.8) is 0 Å². The van der Waals surface area contributed by atoms with Gasteiger partial charge in [-0.05, 0) is 119 Å². The lowest BCUT2D eigenvalue weighted by molar-refractivity contribution is -0.138. The summed E-state index contributed by atoms with van der Waals surface area (Å²) in [5, 5.41) is 15.2. The number of aryl methyl sites for hydroxylation is 1. The van der Waals surface area contributed by atoms with E-state index in [2.05, 4.69) is 25.5 Å². The van der Waals surface area contributed by atoms with E-state index < -0.39 is 61.8 Å². The Bertz CT molecular complexity index is 2700. The van der Waals surface area contributed by atoms with Gasteiger partial charge in [0.15, 0.2) is 15.7 Å². The lowest BCUT2D eigenvalue weighted by Crippen LogP contribution is -2.52. The van der Waals surface area contributed by atoms with Gasteiger partial charge in [0, 0.05) is 52.4 Å². The molecule has 4 aromatic rings. The van der Waals surface area contributed by atoms with Crippen molar-refractivity contribution in [3.05, 3.63) is 63.4 Å². The Morgan fingerprint density at radius 1 is 0.985 bits per heavy atom. The van der Waals surface area contributed by atoms with Crippen LogP contribution in [0, 0.1) is 17.2 Å². The van der Waals surface area contributed by atoms with Crippen LogP contribution in [0.3, 0.4) is 0 Å². The van der Waals surface area contributed by atoms with Crippen LogP contribution in [0.25, 0.3) is 11.0 Å². The van der Waals surface area contributed by atoms with Gasteiger partial charge >= 0.3 is 11.9 Å². The van der Waals surface area contributed by atoms with Crippen molar-refractivity contribution in [1.29, 1.82) is 0 Å². The predicted octanol–water partition coefficient (Wildman–Crippen LogP) is 5.95. The highest BCUT2D eigenvalue weighted by molar-refractivity contribution is 7.92. The molecule has 5 aliphatic rings. The fourth-order valence-electron chi connectivity index (χ4n) is 10.7. The van der Waals surface area contributed by atoms with Crippen LogP contribution in [0.4, 0.5) is 40.7 Å². The summed E-state index contributed by atoms with van der Waals surface area (Å²) in [5.74, 6) is -1.60. The number of anilines is 4. The minimum Gasteiger partial charge on any atom is -0.388 e. The Balaban J connectivity index is 0.773. The first-order chi connectivity index (χ1) is 30.7. The molecule has 1 saturated carbocycles. The zero-order chi connectivity index (χ0) is 46.2. The maximum absolute atomic E-state index is 16.2. The largest absolute Gasteiger partial charge is 0.421 e. The third-order valence-corrected chi connectivity index (χ3v) is 16.8. The molecule has 2 amide bonds. The van der Waals surface area contributed by atoms with Gasteiger partial charge in [-0.2, -0.15) is 18.2 Å². The average molecular weight is 946 g/mol. The molecular formula is C44H52ClF4N9O6S. The molecule has 5 fully saturated rings. The predicted molar refractivity (Wildman–Crippen MR) is 236 cm³/mol. The number of halogens is 5. The molecule has 1 spiro atoms. The first-order valence-electron chi connectivity index (χ1n) is 22.1. The first kappa shape index (κ1) is 45.4. The van der Waals surface area contributed by atoms with Gasteiger partial charge in [0.2, 0.25) is 17.8 Å². The number of amides is 2. The van der Waals surface area contributed by atoms with E-state index in [4.69, 9.17) is 11.6 Å². The Morgan fingerprint density at radius 3 is 2.37 bits per heavy atom. The molecule has 0 bridgehead atoms. The molecule has 4 aliphatic heterocycles. The molecule has 0 radical (unpaired) electrons. The molecule has 2 atom stereocenters. The minimum atomic E-state index is -4.73. The van der Waals surface area contributed by atoms with Crippen LogP contribution in [0.5, 0.6) is 0 Å². The van der Waals surface area contributed by atoms with E-state index in [9.17, 15) is 41.1 Å². The summed E-state index contributed by atoms with van der Waals surface area (Å²) in [5.41, 5.74) is -1.72. The highest BCUT2D eigenvalue weighted by atomic mass is 35.5. The SMILES string of the molecule is Cn1c(=O)n(C2CCC(=O)NC2=O)c2ccc(N3CCC(CN4CCC5(CC4)CC(S(=O)(=O)c4ccc(Nc6ncc(C(F)(F)F)c(N7CCC[C@](C)(O)C7)n6)c(Cl)c4)C5)CC3)c(F)c21. The molecule has 1 unspecified atom stereocenters. The average Bonchev–Trinajstić information content (AvgIpc) is 3.49. The number of carbonyl (C=O) groups excluding carboxylic acids is 2. The molecule has 9 rings (SSSR count). The number of β-amino-alcohol motifs (C(OH)–C–C–N with tert-alkyl or cyclic N) is 1. The van der Waals surface area contributed by atoms with E-state index in [-0.39, 0.29) is 64.2 Å². The summed E-state index contributed by atoms with van der Waals surface area (Å²) in [4.78, 5) is 51.5. The Morgan fingerprint density at radius 2 is 1.71 bits per heavy atom. The lowest BCUT2D eigenvalue weighted by atomic mass is 9.63. The number of hydrogen-bond donors (Lipinski definition) is 3. The van der Waals surface area contributed by atoms with Gasteiger partial charge in [-0.3, -0.25) is 24.0 Å². The quantitative estimate of drug-likeness (QED) is 0.133. The number of imidazole rings is 1.